The summed E-state index contributed by atoms with van der Waals surface area (Å²) in [5.74, 6) is 0. The number of hydrogen-bond acceptors (Lipinski definition) is 3. The Morgan fingerprint density at radius 3 is 2.13 bits per heavy atom. The van der Waals surface area contributed by atoms with Crippen LogP contribution in [0.25, 0.3) is 0 Å². The number of nitrogens with zero attached hydrogens (tertiary/aromatic N) is 1. The Bertz CT molecular complexity index is 119. The summed E-state index contributed by atoms with van der Waals surface area (Å²) in [7, 11) is 2.17. The minimum Gasteiger partial charge on any atom is -0.376 e. The van der Waals surface area contributed by atoms with Crippen LogP contribution in [0.4, 0.5) is 0 Å². The van der Waals surface area contributed by atoms with Gasteiger partial charge in [-0.1, -0.05) is 13.8 Å². The standard InChI is InChI=1S/C7H17N.C5H11NO/c1-4-6-8(3)7-5-2;1-5-4-6-2-3-7-5/h4-7H2,1-3H3;5-6H,2-4H2,1H3. The summed E-state index contributed by atoms with van der Waals surface area (Å²) in [4.78, 5) is 2.36. The third-order valence-electron chi connectivity index (χ3n) is 2.32. The van der Waals surface area contributed by atoms with Gasteiger partial charge in [-0.2, -0.15) is 0 Å². The summed E-state index contributed by atoms with van der Waals surface area (Å²) in [6, 6.07) is 0. The number of morpholine rings is 1. The highest BCUT2D eigenvalue weighted by atomic mass is 16.5. The molecule has 0 aromatic heterocycles. The predicted molar refractivity (Wildman–Crippen MR) is 66.4 cm³/mol. The van der Waals surface area contributed by atoms with Crippen LogP contribution in [-0.4, -0.2) is 50.8 Å². The first-order valence-corrected chi connectivity index (χ1v) is 6.21. The first kappa shape index (κ1) is 14.9. The molecule has 0 aromatic carbocycles. The summed E-state index contributed by atoms with van der Waals surface area (Å²) < 4.78 is 5.22. The topological polar surface area (TPSA) is 24.5 Å². The lowest BCUT2D eigenvalue weighted by Crippen LogP contribution is -2.36. The Kier molecular flexibility index (Phi) is 10.3. The molecule has 15 heavy (non-hydrogen) atoms. The van der Waals surface area contributed by atoms with Crippen LogP contribution >= 0.6 is 0 Å². The van der Waals surface area contributed by atoms with Crippen molar-refractivity contribution in [2.45, 2.75) is 39.7 Å². The Balaban J connectivity index is 0.000000262. The molecule has 1 heterocycles. The summed E-state index contributed by atoms with van der Waals surface area (Å²) in [6.45, 7) is 11.9. The molecule has 1 aliphatic rings. The lowest BCUT2D eigenvalue weighted by molar-refractivity contribution is 0.0410. The van der Waals surface area contributed by atoms with E-state index in [1.807, 2.05) is 0 Å². The average Bonchev–Trinajstić information content (AvgIpc) is 2.20. The molecule has 1 rings (SSSR count). The van der Waals surface area contributed by atoms with Gasteiger partial charge in [0, 0.05) is 13.1 Å². The van der Waals surface area contributed by atoms with Crippen LogP contribution in [0.3, 0.4) is 0 Å². The minimum atomic E-state index is 0.425. The Morgan fingerprint density at radius 2 is 1.87 bits per heavy atom. The van der Waals surface area contributed by atoms with Crippen molar-refractivity contribution < 1.29 is 4.74 Å². The fraction of sp³-hybridized carbons (Fsp3) is 1.00. The largest absolute Gasteiger partial charge is 0.376 e. The number of hydrogen-bond donors (Lipinski definition) is 1. The van der Waals surface area contributed by atoms with Gasteiger partial charge in [0.1, 0.15) is 0 Å². The van der Waals surface area contributed by atoms with Crippen molar-refractivity contribution in [2.24, 2.45) is 0 Å². The zero-order valence-electron chi connectivity index (χ0n) is 10.9. The SMILES string of the molecule is CC1CNCCO1.CCCN(C)CCC. The van der Waals surface area contributed by atoms with Crippen molar-refractivity contribution in [1.29, 1.82) is 0 Å². The second kappa shape index (κ2) is 10.4. The molecule has 1 atom stereocenters. The molecule has 0 saturated carbocycles. The van der Waals surface area contributed by atoms with E-state index in [-0.39, 0.29) is 0 Å². The van der Waals surface area contributed by atoms with Crippen molar-refractivity contribution in [2.75, 3.05) is 39.8 Å². The molecule has 1 fully saturated rings. The number of nitrogens with one attached hydrogen (secondary N) is 1. The van der Waals surface area contributed by atoms with Gasteiger partial charge >= 0.3 is 0 Å². The van der Waals surface area contributed by atoms with E-state index in [4.69, 9.17) is 4.74 Å². The maximum absolute atomic E-state index is 5.22. The van der Waals surface area contributed by atoms with Gasteiger partial charge in [-0.05, 0) is 39.9 Å². The molecule has 0 amide bonds. The van der Waals surface area contributed by atoms with Gasteiger partial charge in [-0.25, -0.2) is 0 Å². The lowest BCUT2D eigenvalue weighted by Gasteiger charge is -2.18. The molecule has 0 radical (unpaired) electrons. The van der Waals surface area contributed by atoms with E-state index in [0.29, 0.717) is 6.10 Å². The highest BCUT2D eigenvalue weighted by Gasteiger charge is 2.04. The number of rotatable bonds is 4. The maximum Gasteiger partial charge on any atom is 0.0672 e. The van der Waals surface area contributed by atoms with Crippen LogP contribution in [0.5, 0.6) is 0 Å². The molecule has 3 heteroatoms. The van der Waals surface area contributed by atoms with E-state index >= 15 is 0 Å². The highest BCUT2D eigenvalue weighted by molar-refractivity contribution is 4.59. The average molecular weight is 216 g/mol. The van der Waals surface area contributed by atoms with Gasteiger partial charge < -0.3 is 15.0 Å². The normalized spacial score (nSPS) is 21.0. The van der Waals surface area contributed by atoms with Crippen LogP contribution in [0.2, 0.25) is 0 Å². The third kappa shape index (κ3) is 10.2. The van der Waals surface area contributed by atoms with Gasteiger partial charge in [0.15, 0.2) is 0 Å². The second-order valence-electron chi connectivity index (χ2n) is 4.19. The highest BCUT2D eigenvalue weighted by Crippen LogP contribution is 1.91. The minimum absolute atomic E-state index is 0.425. The smallest absolute Gasteiger partial charge is 0.0672 e. The molecular formula is C12H28N2O. The van der Waals surface area contributed by atoms with Crippen molar-refractivity contribution in [3.05, 3.63) is 0 Å². The molecule has 1 saturated heterocycles. The monoisotopic (exact) mass is 216 g/mol. The van der Waals surface area contributed by atoms with E-state index in [9.17, 15) is 0 Å². The van der Waals surface area contributed by atoms with Crippen LogP contribution in [-0.2, 0) is 4.74 Å². The zero-order valence-corrected chi connectivity index (χ0v) is 10.9. The van der Waals surface area contributed by atoms with Crippen molar-refractivity contribution >= 4 is 0 Å². The molecule has 0 aromatic rings. The van der Waals surface area contributed by atoms with Crippen molar-refractivity contribution in [3.8, 4) is 0 Å². The van der Waals surface area contributed by atoms with Crippen LogP contribution in [0, 0.1) is 0 Å². The van der Waals surface area contributed by atoms with E-state index in [1.54, 1.807) is 0 Å². The molecule has 92 valence electrons. The quantitative estimate of drug-likeness (QED) is 0.774. The van der Waals surface area contributed by atoms with Gasteiger partial charge in [-0.15, -0.1) is 0 Å². The molecule has 0 spiro atoms. The molecule has 1 unspecified atom stereocenters. The fourth-order valence-corrected chi connectivity index (χ4v) is 1.57. The molecule has 0 aliphatic carbocycles. The Hall–Kier alpha value is -0.120. The van der Waals surface area contributed by atoms with Gasteiger partial charge in [0.05, 0.1) is 12.7 Å². The lowest BCUT2D eigenvalue weighted by atomic mass is 10.3. The molecular weight excluding hydrogens is 188 g/mol. The van der Waals surface area contributed by atoms with Crippen LogP contribution in [0.1, 0.15) is 33.6 Å². The van der Waals surface area contributed by atoms with Crippen LogP contribution in [0.15, 0.2) is 0 Å². The summed E-state index contributed by atoms with van der Waals surface area (Å²) in [5.41, 5.74) is 0. The first-order chi connectivity index (χ1) is 7.20. The van der Waals surface area contributed by atoms with E-state index in [2.05, 4.69) is 38.0 Å². The molecule has 3 nitrogen and oxygen atoms in total. The predicted octanol–water partition coefficient (Wildman–Crippen LogP) is 1.73. The van der Waals surface area contributed by atoms with Gasteiger partial charge in [0.2, 0.25) is 0 Å². The summed E-state index contributed by atoms with van der Waals surface area (Å²) in [6.07, 6.45) is 2.97. The molecule has 1 aliphatic heterocycles. The molecule has 1 N–H and O–H groups in total. The van der Waals surface area contributed by atoms with Gasteiger partial charge in [0.25, 0.3) is 0 Å². The van der Waals surface area contributed by atoms with Crippen molar-refractivity contribution in [1.82, 2.24) is 10.2 Å². The second-order valence-corrected chi connectivity index (χ2v) is 4.19. The van der Waals surface area contributed by atoms with E-state index in [1.165, 1.54) is 25.9 Å². The Labute approximate surface area is 95.2 Å². The third-order valence-corrected chi connectivity index (χ3v) is 2.32. The zero-order chi connectivity index (χ0) is 11.5. The van der Waals surface area contributed by atoms with Crippen molar-refractivity contribution in [3.63, 3.8) is 0 Å². The Morgan fingerprint density at radius 1 is 1.27 bits per heavy atom. The molecule has 0 bridgehead atoms. The van der Waals surface area contributed by atoms with Crippen LogP contribution < -0.4 is 5.32 Å². The summed E-state index contributed by atoms with van der Waals surface area (Å²) in [5, 5.41) is 3.21. The number of ether oxygens (including phenoxy) is 1. The summed E-state index contributed by atoms with van der Waals surface area (Å²) >= 11 is 0. The van der Waals surface area contributed by atoms with E-state index in [0.717, 1.165) is 19.7 Å². The fourth-order valence-electron chi connectivity index (χ4n) is 1.57. The van der Waals surface area contributed by atoms with Gasteiger partial charge in [-0.3, -0.25) is 0 Å². The maximum atomic E-state index is 5.22. The van der Waals surface area contributed by atoms with E-state index < -0.39 is 0 Å². The first-order valence-electron chi connectivity index (χ1n) is 6.21.